The normalized spacial score (nSPS) is 13.8. The molecule has 7 heteroatoms. The fourth-order valence-corrected chi connectivity index (χ4v) is 3.78. The fraction of sp³-hybridized carbons (Fsp3) is 0.167. The molecule has 1 aliphatic heterocycles. The zero-order valence-electron chi connectivity index (χ0n) is 9.44. The first-order chi connectivity index (χ1) is 9.02. The Morgan fingerprint density at radius 1 is 1.37 bits per heavy atom. The molecule has 4 nitrogen and oxygen atoms in total. The summed E-state index contributed by atoms with van der Waals surface area (Å²) in [7, 11) is 0. The van der Waals surface area contributed by atoms with Gasteiger partial charge in [0.15, 0.2) is 0 Å². The summed E-state index contributed by atoms with van der Waals surface area (Å²) in [4.78, 5) is 23.7. The molecule has 0 radical (unpaired) electrons. The topological polar surface area (TPSA) is 59.3 Å². The number of carboxylic acid groups (broad SMARTS) is 1. The first-order valence-electron chi connectivity index (χ1n) is 5.43. The van der Waals surface area contributed by atoms with Crippen molar-refractivity contribution in [1.82, 2.24) is 4.57 Å². The lowest BCUT2D eigenvalue weighted by Gasteiger charge is -2.12. The zero-order chi connectivity index (χ0) is 13.7. The Balaban J connectivity index is 2.60. The second-order valence-corrected chi connectivity index (χ2v) is 5.94. The van der Waals surface area contributed by atoms with Gasteiger partial charge in [-0.2, -0.15) is 0 Å². The van der Waals surface area contributed by atoms with Crippen molar-refractivity contribution in [2.75, 3.05) is 5.75 Å². The minimum absolute atomic E-state index is 0.110. The third kappa shape index (κ3) is 1.76. The summed E-state index contributed by atoms with van der Waals surface area (Å²) in [5.41, 5.74) is -0.167. The number of aromatic carboxylic acids is 1. The molecule has 1 N–H and O–H groups in total. The molecule has 1 aromatic carbocycles. The van der Waals surface area contributed by atoms with Crippen LogP contribution < -0.4 is 5.43 Å². The van der Waals surface area contributed by atoms with E-state index in [2.05, 4.69) is 0 Å². The van der Waals surface area contributed by atoms with E-state index in [0.717, 1.165) is 5.75 Å². The molecule has 0 unspecified atom stereocenters. The highest BCUT2D eigenvalue weighted by Crippen LogP contribution is 2.35. The Kier molecular flexibility index (Phi) is 3.00. The van der Waals surface area contributed by atoms with Crippen molar-refractivity contribution in [3.05, 3.63) is 38.0 Å². The Morgan fingerprint density at radius 3 is 2.79 bits per heavy atom. The number of carbonyl (C=O) groups is 1. The van der Waals surface area contributed by atoms with Gasteiger partial charge >= 0.3 is 5.97 Å². The van der Waals surface area contributed by atoms with E-state index in [4.69, 9.17) is 23.2 Å². The highest BCUT2D eigenvalue weighted by Gasteiger charge is 2.26. The molecular formula is C12H7Cl2NO3S. The smallest absolute Gasteiger partial charge is 0.342 e. The van der Waals surface area contributed by atoms with Crippen molar-refractivity contribution < 1.29 is 9.90 Å². The van der Waals surface area contributed by atoms with Crippen LogP contribution in [0.2, 0.25) is 10.0 Å². The summed E-state index contributed by atoms with van der Waals surface area (Å²) in [5.74, 6) is -0.500. The van der Waals surface area contributed by atoms with E-state index in [9.17, 15) is 14.7 Å². The van der Waals surface area contributed by atoms with E-state index in [1.165, 1.54) is 11.8 Å². The molecule has 19 heavy (non-hydrogen) atoms. The van der Waals surface area contributed by atoms with Crippen molar-refractivity contribution in [3.63, 3.8) is 0 Å². The quantitative estimate of drug-likeness (QED) is 0.878. The van der Waals surface area contributed by atoms with E-state index in [0.29, 0.717) is 17.1 Å². The van der Waals surface area contributed by atoms with Gasteiger partial charge in [0.2, 0.25) is 5.43 Å². The molecule has 98 valence electrons. The van der Waals surface area contributed by atoms with Crippen molar-refractivity contribution >= 4 is 51.8 Å². The van der Waals surface area contributed by atoms with Crippen molar-refractivity contribution in [2.45, 2.75) is 11.6 Å². The van der Waals surface area contributed by atoms with Crippen molar-refractivity contribution in [2.24, 2.45) is 0 Å². The number of hydrogen-bond donors (Lipinski definition) is 1. The van der Waals surface area contributed by atoms with Gasteiger partial charge in [-0.3, -0.25) is 4.79 Å². The Labute approximate surface area is 121 Å². The summed E-state index contributed by atoms with van der Waals surface area (Å²) in [6.07, 6.45) is 0. The number of halogens is 2. The number of hydrogen-bond acceptors (Lipinski definition) is 3. The first kappa shape index (κ1) is 12.8. The van der Waals surface area contributed by atoms with E-state index < -0.39 is 11.4 Å². The van der Waals surface area contributed by atoms with Crippen molar-refractivity contribution in [3.8, 4) is 0 Å². The van der Waals surface area contributed by atoms with Gasteiger partial charge in [-0.1, -0.05) is 23.2 Å². The number of fused-ring (bicyclic) bond motifs is 3. The maximum atomic E-state index is 12.4. The predicted molar refractivity (Wildman–Crippen MR) is 75.9 cm³/mol. The van der Waals surface area contributed by atoms with Crippen LogP contribution in [-0.4, -0.2) is 21.4 Å². The highest BCUT2D eigenvalue weighted by molar-refractivity contribution is 7.99. The number of rotatable bonds is 1. The van der Waals surface area contributed by atoms with Gasteiger partial charge < -0.3 is 9.67 Å². The maximum absolute atomic E-state index is 12.4. The lowest BCUT2D eigenvalue weighted by atomic mass is 10.1. The van der Waals surface area contributed by atoms with Crippen LogP contribution in [0.1, 0.15) is 10.4 Å². The summed E-state index contributed by atoms with van der Waals surface area (Å²) < 4.78 is 1.81. The Bertz CT molecular complexity index is 785. The molecular weight excluding hydrogens is 309 g/mol. The molecule has 0 saturated carbocycles. The van der Waals surface area contributed by atoms with Gasteiger partial charge in [-0.05, 0) is 12.1 Å². The fourth-order valence-electron chi connectivity index (χ4n) is 2.24. The number of aryl methyl sites for hydroxylation is 1. The molecule has 0 spiro atoms. The van der Waals surface area contributed by atoms with Crippen LogP contribution in [0, 0.1) is 0 Å². The van der Waals surface area contributed by atoms with Crippen LogP contribution in [-0.2, 0) is 6.54 Å². The number of thioether (sulfide) groups is 1. The minimum atomic E-state index is -1.24. The summed E-state index contributed by atoms with van der Waals surface area (Å²) in [6, 6.07) is 3.31. The third-order valence-electron chi connectivity index (χ3n) is 3.04. The molecule has 1 aromatic heterocycles. The number of nitrogens with zero attached hydrogens (tertiary/aromatic N) is 1. The predicted octanol–water partition coefficient (Wildman–Crippen LogP) is 3.11. The van der Waals surface area contributed by atoms with Crippen LogP contribution in [0.5, 0.6) is 0 Å². The van der Waals surface area contributed by atoms with E-state index >= 15 is 0 Å². The molecule has 2 aromatic rings. The van der Waals surface area contributed by atoms with Gasteiger partial charge in [-0.25, -0.2) is 4.79 Å². The number of carboxylic acids is 1. The van der Waals surface area contributed by atoms with Crippen molar-refractivity contribution in [1.29, 1.82) is 0 Å². The average molecular weight is 316 g/mol. The SMILES string of the molecule is O=C(O)c1c2n(c3ccc(Cl)c(Cl)c3c1=O)CCS2. The second kappa shape index (κ2) is 4.44. The first-order valence-corrected chi connectivity index (χ1v) is 7.17. The standard InChI is InChI=1S/C12H7Cl2NO3S/c13-5-1-2-6-7(9(5)14)10(16)8(12(17)18)11-15(6)3-4-19-11/h1-2H,3-4H2,(H,17,18). The van der Waals surface area contributed by atoms with Crippen LogP contribution in [0.25, 0.3) is 10.9 Å². The molecule has 3 rings (SSSR count). The van der Waals surface area contributed by atoms with Crippen LogP contribution in [0.3, 0.4) is 0 Å². The van der Waals surface area contributed by atoms with Gasteiger partial charge in [-0.15, -0.1) is 11.8 Å². The van der Waals surface area contributed by atoms with Crippen LogP contribution in [0.15, 0.2) is 22.0 Å². The van der Waals surface area contributed by atoms with E-state index in [1.807, 2.05) is 4.57 Å². The highest BCUT2D eigenvalue weighted by atomic mass is 35.5. The lowest BCUT2D eigenvalue weighted by Crippen LogP contribution is -2.20. The summed E-state index contributed by atoms with van der Waals surface area (Å²) in [5, 5.41) is 10.3. The molecule has 2 heterocycles. The van der Waals surface area contributed by atoms with Gasteiger partial charge in [0.25, 0.3) is 0 Å². The molecule has 0 bridgehead atoms. The molecule has 0 amide bonds. The molecule has 0 aliphatic carbocycles. The van der Waals surface area contributed by atoms with Crippen LogP contribution >= 0.6 is 35.0 Å². The van der Waals surface area contributed by atoms with Gasteiger partial charge in [0.1, 0.15) is 5.56 Å². The summed E-state index contributed by atoms with van der Waals surface area (Å²) in [6.45, 7) is 0.648. The third-order valence-corrected chi connectivity index (χ3v) is 4.93. The minimum Gasteiger partial charge on any atom is -0.477 e. The second-order valence-electron chi connectivity index (χ2n) is 4.07. The number of aromatic nitrogens is 1. The molecule has 0 saturated heterocycles. The van der Waals surface area contributed by atoms with Crippen LogP contribution in [0.4, 0.5) is 0 Å². The zero-order valence-corrected chi connectivity index (χ0v) is 11.8. The average Bonchev–Trinajstić information content (AvgIpc) is 2.81. The number of pyridine rings is 1. The van der Waals surface area contributed by atoms with Gasteiger partial charge in [0.05, 0.1) is 26.0 Å². The Morgan fingerprint density at radius 2 is 2.11 bits per heavy atom. The molecule has 0 fully saturated rings. The monoisotopic (exact) mass is 315 g/mol. The summed E-state index contributed by atoms with van der Waals surface area (Å²) >= 11 is 13.3. The van der Waals surface area contributed by atoms with E-state index in [1.54, 1.807) is 12.1 Å². The van der Waals surface area contributed by atoms with E-state index in [-0.39, 0.29) is 21.0 Å². The molecule has 1 aliphatic rings. The van der Waals surface area contributed by atoms with Gasteiger partial charge in [0, 0.05) is 12.3 Å². The largest absolute Gasteiger partial charge is 0.477 e. The Hall–Kier alpha value is -1.17. The lowest BCUT2D eigenvalue weighted by molar-refractivity contribution is 0.0690. The number of benzene rings is 1. The molecule has 0 atom stereocenters. The maximum Gasteiger partial charge on any atom is 0.342 e.